The highest BCUT2D eigenvalue weighted by molar-refractivity contribution is 5.99. The largest absolute Gasteiger partial charge is 0.383 e. The minimum absolute atomic E-state index is 0.0503. The van der Waals surface area contributed by atoms with Gasteiger partial charge in [-0.2, -0.15) is 9.65 Å². The summed E-state index contributed by atoms with van der Waals surface area (Å²) in [5.74, 6) is 2.02. The Balaban J connectivity index is 1.83. The maximum atomic E-state index is 13.8. The van der Waals surface area contributed by atoms with E-state index in [9.17, 15) is 18.4 Å². The number of nitrogens with zero attached hydrogens (tertiary/aromatic N) is 4. The molecule has 0 unspecified atom stereocenters. The third-order valence-corrected chi connectivity index (χ3v) is 6.04. The van der Waals surface area contributed by atoms with E-state index in [1.807, 2.05) is 6.07 Å². The first-order chi connectivity index (χ1) is 18.5. The second-order valence-electron chi connectivity index (χ2n) is 10.4. The molecule has 202 valence electrons. The van der Waals surface area contributed by atoms with Crippen LogP contribution < -0.4 is 21.6 Å². The maximum absolute atomic E-state index is 13.8. The number of hydrazine groups is 2. The molecule has 0 saturated heterocycles. The Hall–Kier alpha value is -4.48. The van der Waals surface area contributed by atoms with Gasteiger partial charge in [-0.25, -0.2) is 13.8 Å². The van der Waals surface area contributed by atoms with E-state index in [-0.39, 0.29) is 5.41 Å². The number of aryl methyl sites for hydroxylation is 1. The van der Waals surface area contributed by atoms with Gasteiger partial charge < -0.3 is 16.1 Å². The number of terminal acetylenes is 1. The van der Waals surface area contributed by atoms with Crippen molar-refractivity contribution in [2.24, 2.45) is 5.41 Å². The van der Waals surface area contributed by atoms with Crippen molar-refractivity contribution in [1.82, 2.24) is 25.9 Å². The number of rotatable bonds is 8. The molecule has 4 N–H and O–H groups in total. The van der Waals surface area contributed by atoms with E-state index in [2.05, 4.69) is 64.3 Å². The molecule has 0 aliphatic carbocycles. The first-order valence-electron chi connectivity index (χ1n) is 12.2. The van der Waals surface area contributed by atoms with Crippen LogP contribution in [-0.2, 0) is 0 Å². The van der Waals surface area contributed by atoms with Crippen molar-refractivity contribution in [1.29, 1.82) is 5.26 Å². The standard InChI is InChI=1S/C28H29F3N8/c1-6-17-12-33-26-18(11-32)9-19(10-21(26)25(17)34-15-28(3,4)5)36-27(20-7-8-24(31)35-16(20)2)22-13-39(38-37-22)14-23(29)30/h1,7-10,12-13,23,27,36-38H,14-15H2,2-5H3,(H,33,34)/t27-/m0/s1. The summed E-state index contributed by atoms with van der Waals surface area (Å²) in [6.07, 6.45) is 6.28. The fourth-order valence-electron chi connectivity index (χ4n) is 4.22. The maximum Gasteiger partial charge on any atom is 0.257 e. The molecule has 11 heteroatoms. The molecular formula is C28H29F3N8. The molecule has 0 amide bonds. The molecule has 4 rings (SSSR count). The molecule has 0 fully saturated rings. The predicted octanol–water partition coefficient (Wildman–Crippen LogP) is 4.97. The van der Waals surface area contributed by atoms with Crippen LogP contribution >= 0.6 is 0 Å². The van der Waals surface area contributed by atoms with E-state index >= 15 is 0 Å². The van der Waals surface area contributed by atoms with Gasteiger partial charge in [0.15, 0.2) is 0 Å². The van der Waals surface area contributed by atoms with Crippen LogP contribution in [0.4, 0.5) is 24.5 Å². The summed E-state index contributed by atoms with van der Waals surface area (Å²) < 4.78 is 39.8. The third-order valence-electron chi connectivity index (χ3n) is 6.04. The molecule has 3 heterocycles. The fourth-order valence-corrected chi connectivity index (χ4v) is 4.22. The number of hydrogen-bond acceptors (Lipinski definition) is 8. The third kappa shape index (κ3) is 6.33. The molecule has 0 radical (unpaired) electrons. The number of alkyl halides is 2. The average molecular weight is 535 g/mol. The van der Waals surface area contributed by atoms with Gasteiger partial charge in [0, 0.05) is 41.3 Å². The van der Waals surface area contributed by atoms with E-state index in [1.54, 1.807) is 25.3 Å². The molecule has 1 aliphatic heterocycles. The van der Waals surface area contributed by atoms with Crippen LogP contribution in [0, 0.1) is 42.0 Å². The van der Waals surface area contributed by atoms with Crippen LogP contribution in [0.1, 0.15) is 49.2 Å². The van der Waals surface area contributed by atoms with Crippen molar-refractivity contribution < 1.29 is 13.2 Å². The lowest BCUT2D eigenvalue weighted by Gasteiger charge is -2.24. The van der Waals surface area contributed by atoms with Gasteiger partial charge in [0.1, 0.15) is 6.07 Å². The van der Waals surface area contributed by atoms with Crippen LogP contribution in [0.5, 0.6) is 0 Å². The Labute approximate surface area is 225 Å². The second kappa shape index (κ2) is 11.1. The average Bonchev–Trinajstić information content (AvgIpc) is 3.32. The smallest absolute Gasteiger partial charge is 0.257 e. The number of aromatic nitrogens is 2. The molecule has 2 aromatic heterocycles. The van der Waals surface area contributed by atoms with E-state index in [4.69, 9.17) is 6.42 Å². The topological polar surface area (TPSA) is 101 Å². The zero-order valence-corrected chi connectivity index (χ0v) is 22.0. The molecule has 1 atom stereocenters. The minimum atomic E-state index is -2.56. The number of anilines is 2. The second-order valence-corrected chi connectivity index (χ2v) is 10.4. The van der Waals surface area contributed by atoms with E-state index in [0.717, 1.165) is 0 Å². The molecule has 1 aromatic carbocycles. The minimum Gasteiger partial charge on any atom is -0.383 e. The van der Waals surface area contributed by atoms with Crippen molar-refractivity contribution in [3.8, 4) is 18.4 Å². The highest BCUT2D eigenvalue weighted by Crippen LogP contribution is 2.35. The Morgan fingerprint density at radius 3 is 2.62 bits per heavy atom. The Morgan fingerprint density at radius 2 is 1.97 bits per heavy atom. The predicted molar refractivity (Wildman–Crippen MR) is 145 cm³/mol. The zero-order chi connectivity index (χ0) is 28.3. The molecule has 1 aliphatic rings. The fraction of sp³-hybridized carbons (Fsp3) is 0.321. The molecule has 0 spiro atoms. The summed E-state index contributed by atoms with van der Waals surface area (Å²) in [7, 11) is 0. The summed E-state index contributed by atoms with van der Waals surface area (Å²) in [6, 6.07) is 7.83. The summed E-state index contributed by atoms with van der Waals surface area (Å²) in [5, 5.41) is 18.6. The van der Waals surface area contributed by atoms with Crippen molar-refractivity contribution in [3.63, 3.8) is 0 Å². The summed E-state index contributed by atoms with van der Waals surface area (Å²) in [6.45, 7) is 8.00. The number of fused-ring (bicyclic) bond motifs is 1. The van der Waals surface area contributed by atoms with E-state index in [0.29, 0.717) is 56.9 Å². The van der Waals surface area contributed by atoms with Crippen LogP contribution in [0.3, 0.4) is 0 Å². The van der Waals surface area contributed by atoms with Gasteiger partial charge in [0.2, 0.25) is 5.95 Å². The monoisotopic (exact) mass is 534 g/mol. The van der Waals surface area contributed by atoms with Crippen molar-refractivity contribution >= 4 is 22.3 Å². The van der Waals surface area contributed by atoms with Gasteiger partial charge in [-0.1, -0.05) is 32.8 Å². The Bertz CT molecular complexity index is 1500. The van der Waals surface area contributed by atoms with Gasteiger partial charge in [0.25, 0.3) is 6.43 Å². The lowest BCUT2D eigenvalue weighted by molar-refractivity contribution is 0.0889. The first-order valence-corrected chi connectivity index (χ1v) is 12.2. The van der Waals surface area contributed by atoms with E-state index in [1.165, 1.54) is 17.3 Å². The first kappa shape index (κ1) is 27.6. The van der Waals surface area contributed by atoms with Gasteiger partial charge in [0.05, 0.1) is 40.6 Å². The van der Waals surface area contributed by atoms with Gasteiger partial charge >= 0.3 is 0 Å². The molecule has 0 saturated carbocycles. The SMILES string of the molecule is C#Cc1cnc2c(C#N)cc(N[C@H](C3=CN(CC(F)F)NN3)c3ccc(F)nc3C)cc2c1NCC(C)(C)C. The molecule has 3 aromatic rings. The molecule has 39 heavy (non-hydrogen) atoms. The van der Waals surface area contributed by atoms with Crippen LogP contribution in [0.2, 0.25) is 0 Å². The van der Waals surface area contributed by atoms with Crippen molar-refractivity contribution in [3.05, 3.63) is 70.7 Å². The molecule has 0 bridgehead atoms. The highest BCUT2D eigenvalue weighted by atomic mass is 19.3. The molecule has 8 nitrogen and oxygen atoms in total. The number of nitriles is 1. The normalized spacial score (nSPS) is 14.0. The van der Waals surface area contributed by atoms with Crippen LogP contribution in [0.15, 0.2) is 42.4 Å². The number of hydrogen-bond donors (Lipinski definition) is 4. The zero-order valence-electron chi connectivity index (χ0n) is 22.0. The number of nitrogens with one attached hydrogen (secondary N) is 4. The summed E-state index contributed by atoms with van der Waals surface area (Å²) >= 11 is 0. The summed E-state index contributed by atoms with van der Waals surface area (Å²) in [5.41, 5.74) is 9.63. The Morgan fingerprint density at radius 1 is 1.21 bits per heavy atom. The van der Waals surface area contributed by atoms with E-state index < -0.39 is 25.0 Å². The van der Waals surface area contributed by atoms with Gasteiger partial charge in [-0.05, 0) is 30.5 Å². The number of pyridine rings is 2. The quantitative estimate of drug-likeness (QED) is 0.237. The summed E-state index contributed by atoms with van der Waals surface area (Å²) in [4.78, 5) is 8.38. The number of halogens is 3. The van der Waals surface area contributed by atoms with Crippen molar-refractivity contribution in [2.45, 2.75) is 40.2 Å². The molecular weight excluding hydrogens is 505 g/mol. The van der Waals surface area contributed by atoms with Crippen LogP contribution in [-0.4, -0.2) is 34.5 Å². The van der Waals surface area contributed by atoms with Crippen molar-refractivity contribution in [2.75, 3.05) is 23.7 Å². The Kier molecular flexibility index (Phi) is 7.84. The van der Waals surface area contributed by atoms with Crippen LogP contribution in [0.25, 0.3) is 10.9 Å². The van der Waals surface area contributed by atoms with Gasteiger partial charge in [-0.15, -0.1) is 12.0 Å². The van der Waals surface area contributed by atoms with Gasteiger partial charge in [-0.3, -0.25) is 9.99 Å². The lowest BCUT2D eigenvalue weighted by atomic mass is 9.96. The highest BCUT2D eigenvalue weighted by Gasteiger charge is 2.26. The lowest BCUT2D eigenvalue weighted by Crippen LogP contribution is -2.39. The number of benzene rings is 1.